The van der Waals surface area contributed by atoms with Gasteiger partial charge in [0.1, 0.15) is 18.2 Å². The first-order chi connectivity index (χ1) is 12.4. The van der Waals surface area contributed by atoms with Gasteiger partial charge in [-0.05, 0) is 31.0 Å². The van der Waals surface area contributed by atoms with Crippen LogP contribution in [0.4, 0.5) is 4.39 Å². The number of hydrogen-bond donors (Lipinski definition) is 1. The van der Waals surface area contributed by atoms with Gasteiger partial charge in [-0.15, -0.1) is 0 Å². The summed E-state index contributed by atoms with van der Waals surface area (Å²) in [5.41, 5.74) is -0.683. The highest BCUT2D eigenvalue weighted by Gasteiger charge is 2.32. The molecule has 0 bridgehead atoms. The maximum absolute atomic E-state index is 13.5. The Hall–Kier alpha value is -2.59. The minimum absolute atomic E-state index is 0.0894. The first-order valence-corrected chi connectivity index (χ1v) is 9.27. The van der Waals surface area contributed by atoms with E-state index in [-0.39, 0.29) is 18.0 Å². The normalized spacial score (nSPS) is 18.4. The van der Waals surface area contributed by atoms with Crippen LogP contribution in [0, 0.1) is 5.82 Å². The highest BCUT2D eigenvalue weighted by atomic mass is 32.2. The largest absolute Gasteiger partial charge is 0.478 e. The first kappa shape index (κ1) is 18.2. The molecule has 1 saturated heterocycles. The molecule has 8 nitrogen and oxygen atoms in total. The van der Waals surface area contributed by atoms with Crippen LogP contribution in [0.2, 0.25) is 0 Å². The van der Waals surface area contributed by atoms with Crippen molar-refractivity contribution in [2.75, 3.05) is 13.1 Å². The molecule has 0 aliphatic carbocycles. The maximum Gasteiger partial charge on any atom is 0.338 e. The number of ether oxygens (including phenoxy) is 1. The zero-order valence-corrected chi connectivity index (χ0v) is 14.4. The van der Waals surface area contributed by atoms with E-state index < -0.39 is 33.5 Å². The fraction of sp³-hybridized carbons (Fsp3) is 0.312. The summed E-state index contributed by atoms with van der Waals surface area (Å²) in [7, 11) is -3.97. The average molecular weight is 381 g/mol. The third-order valence-corrected chi connectivity index (χ3v) is 5.85. The number of rotatable bonds is 5. The summed E-state index contributed by atoms with van der Waals surface area (Å²) in [5.74, 6) is -2.16. The molecule has 1 aromatic carbocycles. The second-order valence-corrected chi connectivity index (χ2v) is 7.68. The fourth-order valence-electron chi connectivity index (χ4n) is 2.72. The van der Waals surface area contributed by atoms with Crippen molar-refractivity contribution in [3.8, 4) is 5.88 Å². The van der Waals surface area contributed by atoms with Crippen molar-refractivity contribution in [1.82, 2.24) is 14.3 Å². The zero-order chi connectivity index (χ0) is 18.7. The van der Waals surface area contributed by atoms with Crippen LogP contribution in [0.1, 0.15) is 23.2 Å². The molecule has 138 valence electrons. The Kier molecular flexibility index (Phi) is 5.14. The summed E-state index contributed by atoms with van der Waals surface area (Å²) in [6.45, 7) is 0.359. The number of nitrogens with zero attached hydrogens (tertiary/aromatic N) is 3. The molecule has 2 heterocycles. The van der Waals surface area contributed by atoms with Crippen molar-refractivity contribution < 1.29 is 27.4 Å². The molecule has 0 saturated carbocycles. The summed E-state index contributed by atoms with van der Waals surface area (Å²) in [5, 5.41) is 8.99. The number of aromatic nitrogens is 2. The molecule has 1 aromatic heterocycles. The van der Waals surface area contributed by atoms with Gasteiger partial charge in [-0.1, -0.05) is 0 Å². The Morgan fingerprint density at radius 2 is 2.15 bits per heavy atom. The third kappa shape index (κ3) is 3.81. The fourth-order valence-corrected chi connectivity index (χ4v) is 4.25. The highest BCUT2D eigenvalue weighted by molar-refractivity contribution is 7.89. The number of benzene rings is 1. The van der Waals surface area contributed by atoms with Crippen molar-refractivity contribution in [3.05, 3.63) is 48.2 Å². The Bertz CT molecular complexity index is 907. The Labute approximate surface area is 149 Å². The quantitative estimate of drug-likeness (QED) is 0.837. The first-order valence-electron chi connectivity index (χ1n) is 7.83. The van der Waals surface area contributed by atoms with Crippen LogP contribution in [-0.4, -0.2) is 53.0 Å². The molecule has 1 atom stereocenters. The molecule has 3 rings (SSSR count). The van der Waals surface area contributed by atoms with Crippen LogP contribution in [0.25, 0.3) is 0 Å². The number of piperidine rings is 1. The number of halogens is 1. The number of carbonyl (C=O) groups is 1. The van der Waals surface area contributed by atoms with Crippen molar-refractivity contribution in [2.45, 2.75) is 23.8 Å². The Morgan fingerprint density at radius 3 is 2.85 bits per heavy atom. The van der Waals surface area contributed by atoms with E-state index in [0.717, 1.165) is 18.2 Å². The zero-order valence-electron chi connectivity index (χ0n) is 13.6. The maximum atomic E-state index is 13.5. The second-order valence-electron chi connectivity index (χ2n) is 5.74. The van der Waals surface area contributed by atoms with Crippen LogP contribution < -0.4 is 4.74 Å². The predicted molar refractivity (Wildman–Crippen MR) is 87.8 cm³/mol. The number of carboxylic acids is 1. The Balaban J connectivity index is 1.81. The van der Waals surface area contributed by atoms with E-state index in [1.54, 1.807) is 6.07 Å². The lowest BCUT2D eigenvalue weighted by molar-refractivity contribution is 0.0691. The SMILES string of the molecule is O=C(O)c1cc(S(=O)(=O)N2CCC[C@H](Oc3ccncn3)C2)ccc1F. The van der Waals surface area contributed by atoms with Crippen molar-refractivity contribution in [1.29, 1.82) is 0 Å². The highest BCUT2D eigenvalue weighted by Crippen LogP contribution is 2.24. The number of aromatic carboxylic acids is 1. The van der Waals surface area contributed by atoms with Crippen molar-refractivity contribution >= 4 is 16.0 Å². The summed E-state index contributed by atoms with van der Waals surface area (Å²) in [4.78, 5) is 18.5. The van der Waals surface area contributed by atoms with E-state index in [2.05, 4.69) is 9.97 Å². The standard InChI is InChI=1S/C16H16FN3O5S/c17-14-4-3-12(8-13(14)16(21)22)26(23,24)20-7-1-2-11(9-20)25-15-5-6-18-10-19-15/h3-6,8,10-11H,1-2,7,9H2,(H,21,22)/t11-/m0/s1. The average Bonchev–Trinajstić information content (AvgIpc) is 2.63. The lowest BCUT2D eigenvalue weighted by atomic mass is 10.1. The molecule has 10 heteroatoms. The predicted octanol–water partition coefficient (Wildman–Crippen LogP) is 1.55. The molecule has 1 aliphatic rings. The summed E-state index contributed by atoms with van der Waals surface area (Å²) in [6.07, 6.45) is 3.68. The molecule has 1 N–H and O–H groups in total. The van der Waals surface area contributed by atoms with Crippen LogP contribution in [0.3, 0.4) is 0 Å². The van der Waals surface area contributed by atoms with E-state index in [1.165, 1.54) is 16.8 Å². The third-order valence-electron chi connectivity index (χ3n) is 3.99. The minimum Gasteiger partial charge on any atom is -0.478 e. The molecule has 26 heavy (non-hydrogen) atoms. The number of sulfonamides is 1. The van der Waals surface area contributed by atoms with Crippen LogP contribution in [0.15, 0.2) is 41.7 Å². The molecule has 2 aromatic rings. The van der Waals surface area contributed by atoms with Gasteiger partial charge in [0.25, 0.3) is 0 Å². The van der Waals surface area contributed by atoms with Gasteiger partial charge >= 0.3 is 5.97 Å². The molecular formula is C16H16FN3O5S. The number of carboxylic acid groups (broad SMARTS) is 1. The summed E-state index contributed by atoms with van der Waals surface area (Å²) in [6, 6.07) is 4.32. The van der Waals surface area contributed by atoms with Gasteiger partial charge in [0, 0.05) is 18.8 Å². The van der Waals surface area contributed by atoms with Gasteiger partial charge < -0.3 is 9.84 Å². The van der Waals surface area contributed by atoms with Crippen LogP contribution in [0.5, 0.6) is 5.88 Å². The van der Waals surface area contributed by atoms with E-state index >= 15 is 0 Å². The molecule has 0 radical (unpaired) electrons. The van der Waals surface area contributed by atoms with Gasteiger partial charge in [-0.3, -0.25) is 0 Å². The van der Waals surface area contributed by atoms with Crippen LogP contribution >= 0.6 is 0 Å². The van der Waals surface area contributed by atoms with E-state index in [1.807, 2.05) is 0 Å². The van der Waals surface area contributed by atoms with Gasteiger partial charge in [0.05, 0.1) is 17.0 Å². The monoisotopic (exact) mass is 381 g/mol. The molecule has 0 unspecified atom stereocenters. The van der Waals surface area contributed by atoms with Gasteiger partial charge in [-0.2, -0.15) is 4.31 Å². The van der Waals surface area contributed by atoms with E-state index in [0.29, 0.717) is 18.7 Å². The summed E-state index contributed by atoms with van der Waals surface area (Å²) >= 11 is 0. The molecular weight excluding hydrogens is 365 g/mol. The van der Waals surface area contributed by atoms with Crippen molar-refractivity contribution in [3.63, 3.8) is 0 Å². The molecule has 0 spiro atoms. The van der Waals surface area contributed by atoms with Gasteiger partial charge in [-0.25, -0.2) is 27.6 Å². The van der Waals surface area contributed by atoms with Crippen LogP contribution in [-0.2, 0) is 10.0 Å². The molecule has 1 aliphatic heterocycles. The lowest BCUT2D eigenvalue weighted by Crippen LogP contribution is -2.44. The second kappa shape index (κ2) is 7.34. The van der Waals surface area contributed by atoms with Crippen molar-refractivity contribution in [2.24, 2.45) is 0 Å². The topological polar surface area (TPSA) is 110 Å². The van der Waals surface area contributed by atoms with Gasteiger partial charge in [0.15, 0.2) is 0 Å². The summed E-state index contributed by atoms with van der Waals surface area (Å²) < 4.78 is 46.0. The van der Waals surface area contributed by atoms with Gasteiger partial charge in [0.2, 0.25) is 15.9 Å². The molecule has 1 fully saturated rings. The van der Waals surface area contributed by atoms with E-state index in [4.69, 9.17) is 9.84 Å². The minimum atomic E-state index is -3.97. The molecule has 0 amide bonds. The van der Waals surface area contributed by atoms with E-state index in [9.17, 15) is 17.6 Å². The Morgan fingerprint density at radius 1 is 1.35 bits per heavy atom. The lowest BCUT2D eigenvalue weighted by Gasteiger charge is -2.31. The smallest absolute Gasteiger partial charge is 0.338 e. The number of hydrogen-bond acceptors (Lipinski definition) is 6.